The fraction of sp³-hybridized carbons (Fsp3) is 0.250. The summed E-state index contributed by atoms with van der Waals surface area (Å²) in [4.78, 5) is 18.2. The Labute approximate surface area is 124 Å². The average molecular weight is 284 g/mol. The smallest absolute Gasteiger partial charge is 0.322 e. The number of amides is 2. The number of carbonyl (C=O) groups excluding carboxylic acids is 1. The fourth-order valence-corrected chi connectivity index (χ4v) is 1.97. The molecule has 0 spiro atoms. The molecule has 5 nitrogen and oxygen atoms in total. The SMILES string of the molecule is NCCCN(Cc1cccnc1)C(=O)Nc1ccccc1. The second kappa shape index (κ2) is 8.01. The maximum absolute atomic E-state index is 12.4. The Morgan fingerprint density at radius 1 is 1.19 bits per heavy atom. The highest BCUT2D eigenvalue weighted by atomic mass is 16.2. The quantitative estimate of drug-likeness (QED) is 0.856. The minimum absolute atomic E-state index is 0.126. The molecule has 5 heteroatoms. The van der Waals surface area contributed by atoms with E-state index in [1.807, 2.05) is 42.5 Å². The summed E-state index contributed by atoms with van der Waals surface area (Å²) in [7, 11) is 0. The molecule has 2 amide bonds. The van der Waals surface area contributed by atoms with Crippen molar-refractivity contribution < 1.29 is 4.79 Å². The van der Waals surface area contributed by atoms with Gasteiger partial charge in [-0.1, -0.05) is 24.3 Å². The summed E-state index contributed by atoms with van der Waals surface area (Å²) in [6.45, 7) is 1.69. The zero-order chi connectivity index (χ0) is 14.9. The van der Waals surface area contributed by atoms with Crippen LogP contribution in [0, 0.1) is 0 Å². The van der Waals surface area contributed by atoms with Crippen LogP contribution in [0.15, 0.2) is 54.9 Å². The van der Waals surface area contributed by atoms with Crippen LogP contribution in [-0.2, 0) is 6.54 Å². The number of nitrogens with zero attached hydrogens (tertiary/aromatic N) is 2. The van der Waals surface area contributed by atoms with E-state index in [1.165, 1.54) is 0 Å². The number of pyridine rings is 1. The molecular formula is C16H20N4O. The average Bonchev–Trinajstić information content (AvgIpc) is 2.53. The molecule has 0 bridgehead atoms. The summed E-state index contributed by atoms with van der Waals surface area (Å²) in [5.41, 5.74) is 7.33. The van der Waals surface area contributed by atoms with Crippen molar-refractivity contribution in [1.29, 1.82) is 0 Å². The molecule has 0 atom stereocenters. The number of nitrogens with two attached hydrogens (primary N) is 1. The van der Waals surface area contributed by atoms with Crippen molar-refractivity contribution in [2.24, 2.45) is 5.73 Å². The van der Waals surface area contributed by atoms with E-state index >= 15 is 0 Å². The van der Waals surface area contributed by atoms with Gasteiger partial charge < -0.3 is 16.0 Å². The van der Waals surface area contributed by atoms with E-state index in [9.17, 15) is 4.79 Å². The molecule has 21 heavy (non-hydrogen) atoms. The normalized spacial score (nSPS) is 10.1. The zero-order valence-electron chi connectivity index (χ0n) is 11.9. The number of urea groups is 1. The van der Waals surface area contributed by atoms with Gasteiger partial charge in [-0.15, -0.1) is 0 Å². The van der Waals surface area contributed by atoms with E-state index in [0.29, 0.717) is 19.6 Å². The van der Waals surface area contributed by atoms with Gasteiger partial charge in [0.1, 0.15) is 0 Å². The maximum atomic E-state index is 12.4. The molecule has 0 fully saturated rings. The van der Waals surface area contributed by atoms with Gasteiger partial charge in [0.2, 0.25) is 0 Å². The summed E-state index contributed by atoms with van der Waals surface area (Å²) in [5, 5.41) is 2.90. The van der Waals surface area contributed by atoms with Crippen LogP contribution in [0.5, 0.6) is 0 Å². The van der Waals surface area contributed by atoms with Crippen molar-refractivity contribution in [3.05, 3.63) is 60.4 Å². The first-order valence-corrected chi connectivity index (χ1v) is 6.99. The van der Waals surface area contributed by atoms with Crippen molar-refractivity contribution in [3.63, 3.8) is 0 Å². The van der Waals surface area contributed by atoms with Crippen LogP contribution in [0.3, 0.4) is 0 Å². The molecule has 2 aromatic rings. The summed E-state index contributed by atoms with van der Waals surface area (Å²) in [5.74, 6) is 0. The van der Waals surface area contributed by atoms with Gasteiger partial charge in [0.05, 0.1) is 0 Å². The third kappa shape index (κ3) is 4.89. The molecule has 3 N–H and O–H groups in total. The van der Waals surface area contributed by atoms with E-state index < -0.39 is 0 Å². The van der Waals surface area contributed by atoms with Crippen LogP contribution in [0.2, 0.25) is 0 Å². The Bertz CT molecular complexity index is 545. The van der Waals surface area contributed by atoms with Crippen molar-refractivity contribution >= 4 is 11.7 Å². The lowest BCUT2D eigenvalue weighted by Gasteiger charge is -2.23. The Kier molecular flexibility index (Phi) is 5.72. The Hall–Kier alpha value is -2.40. The minimum Gasteiger partial charge on any atom is -0.330 e. The molecule has 1 aromatic carbocycles. The molecule has 0 aliphatic rings. The Morgan fingerprint density at radius 3 is 2.67 bits per heavy atom. The van der Waals surface area contributed by atoms with Crippen LogP contribution in [0.4, 0.5) is 10.5 Å². The van der Waals surface area contributed by atoms with Crippen LogP contribution in [0.1, 0.15) is 12.0 Å². The number of rotatable bonds is 6. The highest BCUT2D eigenvalue weighted by Gasteiger charge is 2.13. The van der Waals surface area contributed by atoms with Gasteiger partial charge in [0.15, 0.2) is 0 Å². The topological polar surface area (TPSA) is 71.2 Å². The minimum atomic E-state index is -0.126. The van der Waals surface area contributed by atoms with Crippen molar-refractivity contribution in [2.45, 2.75) is 13.0 Å². The van der Waals surface area contributed by atoms with Crippen molar-refractivity contribution in [2.75, 3.05) is 18.4 Å². The zero-order valence-corrected chi connectivity index (χ0v) is 11.9. The molecule has 0 aliphatic carbocycles. The van der Waals surface area contributed by atoms with Crippen LogP contribution in [0.25, 0.3) is 0 Å². The highest BCUT2D eigenvalue weighted by molar-refractivity contribution is 5.89. The monoisotopic (exact) mass is 284 g/mol. The summed E-state index contributed by atoms with van der Waals surface area (Å²) in [6, 6.07) is 13.1. The lowest BCUT2D eigenvalue weighted by atomic mass is 10.2. The molecule has 0 aliphatic heterocycles. The van der Waals surface area contributed by atoms with Gasteiger partial charge in [-0.2, -0.15) is 0 Å². The second-order valence-corrected chi connectivity index (χ2v) is 4.72. The molecular weight excluding hydrogens is 264 g/mol. The van der Waals surface area contributed by atoms with Crippen LogP contribution >= 0.6 is 0 Å². The van der Waals surface area contributed by atoms with Gasteiger partial charge in [0.25, 0.3) is 0 Å². The number of anilines is 1. The first-order valence-electron chi connectivity index (χ1n) is 6.99. The lowest BCUT2D eigenvalue weighted by Crippen LogP contribution is -2.36. The molecule has 0 saturated carbocycles. The van der Waals surface area contributed by atoms with Gasteiger partial charge in [0, 0.05) is 31.2 Å². The predicted molar refractivity (Wildman–Crippen MR) is 83.8 cm³/mol. The number of aromatic nitrogens is 1. The second-order valence-electron chi connectivity index (χ2n) is 4.72. The Balaban J connectivity index is 2.02. The number of carbonyl (C=O) groups is 1. The maximum Gasteiger partial charge on any atom is 0.322 e. The summed E-state index contributed by atoms with van der Waals surface area (Å²) >= 11 is 0. The van der Waals surface area contributed by atoms with E-state index in [2.05, 4.69) is 10.3 Å². The number of nitrogens with one attached hydrogen (secondary N) is 1. The molecule has 110 valence electrons. The standard InChI is InChI=1S/C16H20N4O/c17-9-5-11-20(13-14-6-4-10-18-12-14)16(21)19-15-7-2-1-3-8-15/h1-4,6-8,10,12H,5,9,11,13,17H2,(H,19,21). The van der Waals surface area contributed by atoms with Crippen LogP contribution < -0.4 is 11.1 Å². The molecule has 0 saturated heterocycles. The molecule has 2 rings (SSSR count). The summed E-state index contributed by atoms with van der Waals surface area (Å²) < 4.78 is 0. The van der Waals surface area contributed by atoms with E-state index in [4.69, 9.17) is 5.73 Å². The number of benzene rings is 1. The number of hydrogen-bond acceptors (Lipinski definition) is 3. The van der Waals surface area contributed by atoms with Crippen molar-refractivity contribution in [1.82, 2.24) is 9.88 Å². The number of para-hydroxylation sites is 1. The first kappa shape index (κ1) is 15.0. The summed E-state index contributed by atoms with van der Waals surface area (Å²) in [6.07, 6.45) is 4.26. The lowest BCUT2D eigenvalue weighted by molar-refractivity contribution is 0.208. The third-order valence-electron chi connectivity index (χ3n) is 3.04. The highest BCUT2D eigenvalue weighted by Crippen LogP contribution is 2.09. The van der Waals surface area contributed by atoms with Crippen molar-refractivity contribution in [3.8, 4) is 0 Å². The third-order valence-corrected chi connectivity index (χ3v) is 3.04. The van der Waals surface area contributed by atoms with Gasteiger partial charge >= 0.3 is 6.03 Å². The van der Waals surface area contributed by atoms with Crippen LogP contribution in [-0.4, -0.2) is 29.0 Å². The van der Waals surface area contributed by atoms with E-state index in [-0.39, 0.29) is 6.03 Å². The van der Waals surface area contributed by atoms with Gasteiger partial charge in [-0.05, 0) is 36.7 Å². The Morgan fingerprint density at radius 2 is 2.00 bits per heavy atom. The molecule has 1 heterocycles. The van der Waals surface area contributed by atoms with Gasteiger partial charge in [-0.25, -0.2) is 4.79 Å². The fourth-order valence-electron chi connectivity index (χ4n) is 1.97. The molecule has 1 aromatic heterocycles. The largest absolute Gasteiger partial charge is 0.330 e. The molecule has 0 unspecified atom stereocenters. The van der Waals surface area contributed by atoms with E-state index in [1.54, 1.807) is 17.3 Å². The molecule has 0 radical (unpaired) electrons. The van der Waals surface area contributed by atoms with Gasteiger partial charge in [-0.3, -0.25) is 4.98 Å². The predicted octanol–water partition coefficient (Wildman–Crippen LogP) is 2.46. The first-order chi connectivity index (χ1) is 10.3. The van der Waals surface area contributed by atoms with E-state index in [0.717, 1.165) is 17.7 Å². The number of hydrogen-bond donors (Lipinski definition) is 2.